The zero-order valence-corrected chi connectivity index (χ0v) is 11.6. The van der Waals surface area contributed by atoms with Crippen LogP contribution in [0, 0.1) is 11.3 Å². The van der Waals surface area contributed by atoms with Gasteiger partial charge in [0.25, 0.3) is 0 Å². The lowest BCUT2D eigenvalue weighted by atomic mass is 10.0. The maximum atomic E-state index is 11.0. The van der Waals surface area contributed by atoms with E-state index in [0.717, 1.165) is 10.8 Å². The third-order valence-corrected chi connectivity index (χ3v) is 3.06. The van der Waals surface area contributed by atoms with Gasteiger partial charge in [0.05, 0.1) is 14.2 Å². The summed E-state index contributed by atoms with van der Waals surface area (Å²) < 4.78 is 10.6. The number of carboxylic acid groups (broad SMARTS) is 1. The van der Waals surface area contributed by atoms with Crippen LogP contribution in [0.25, 0.3) is 16.8 Å². The summed E-state index contributed by atoms with van der Waals surface area (Å²) in [7, 11) is 3.05. The highest BCUT2D eigenvalue weighted by molar-refractivity contribution is 5.99. The molecule has 0 unspecified atom stereocenters. The Morgan fingerprint density at radius 2 is 1.95 bits per heavy atom. The number of hydrogen-bond donors (Lipinski definition) is 1. The number of aliphatic carboxylic acids is 1. The standard InChI is InChI=1S/C16H13NO4/c1-20-14-5-3-4-10-8-15(21-2)11(7-13(10)14)6-12(9-17)16(18)19/h3-8H,1-2H3,(H,18,19). The van der Waals surface area contributed by atoms with Gasteiger partial charge in [-0.25, -0.2) is 4.79 Å². The van der Waals surface area contributed by atoms with E-state index >= 15 is 0 Å². The van der Waals surface area contributed by atoms with Gasteiger partial charge in [-0.3, -0.25) is 0 Å². The molecule has 0 aliphatic heterocycles. The highest BCUT2D eigenvalue weighted by atomic mass is 16.5. The van der Waals surface area contributed by atoms with E-state index in [2.05, 4.69) is 0 Å². The SMILES string of the molecule is COc1cc2cccc(OC)c2cc1C=C(C#N)C(=O)O. The van der Waals surface area contributed by atoms with Crippen LogP contribution < -0.4 is 9.47 Å². The summed E-state index contributed by atoms with van der Waals surface area (Å²) in [5.41, 5.74) is 0.149. The van der Waals surface area contributed by atoms with Crippen LogP contribution in [0.2, 0.25) is 0 Å². The van der Waals surface area contributed by atoms with Crippen molar-refractivity contribution in [2.24, 2.45) is 0 Å². The number of carboxylic acids is 1. The van der Waals surface area contributed by atoms with E-state index in [4.69, 9.17) is 19.8 Å². The second kappa shape index (κ2) is 5.97. The van der Waals surface area contributed by atoms with Crippen molar-refractivity contribution < 1.29 is 19.4 Å². The molecule has 0 bridgehead atoms. The number of fused-ring (bicyclic) bond motifs is 1. The van der Waals surface area contributed by atoms with E-state index in [1.165, 1.54) is 13.2 Å². The summed E-state index contributed by atoms with van der Waals surface area (Å²) >= 11 is 0. The molecule has 0 amide bonds. The number of carbonyl (C=O) groups is 1. The predicted octanol–water partition coefficient (Wildman–Crippen LogP) is 2.85. The minimum atomic E-state index is -1.28. The molecule has 0 heterocycles. The molecule has 5 heteroatoms. The van der Waals surface area contributed by atoms with Gasteiger partial charge in [0.2, 0.25) is 0 Å². The number of ether oxygens (including phenoxy) is 2. The first-order chi connectivity index (χ1) is 10.1. The van der Waals surface area contributed by atoms with Gasteiger partial charge in [0, 0.05) is 10.9 Å². The molecule has 0 aliphatic rings. The quantitative estimate of drug-likeness (QED) is 0.689. The minimum Gasteiger partial charge on any atom is -0.496 e. The molecule has 106 valence electrons. The van der Waals surface area contributed by atoms with E-state index in [0.29, 0.717) is 17.1 Å². The van der Waals surface area contributed by atoms with E-state index < -0.39 is 5.97 Å². The molecule has 1 N–H and O–H groups in total. The van der Waals surface area contributed by atoms with Crippen LogP contribution >= 0.6 is 0 Å². The van der Waals surface area contributed by atoms with Crippen molar-refractivity contribution in [1.82, 2.24) is 0 Å². The van der Waals surface area contributed by atoms with Crippen molar-refractivity contribution in [3.8, 4) is 17.6 Å². The molecule has 0 saturated carbocycles. The van der Waals surface area contributed by atoms with Crippen LogP contribution in [0.15, 0.2) is 35.9 Å². The summed E-state index contributed by atoms with van der Waals surface area (Å²) in [6.45, 7) is 0. The highest BCUT2D eigenvalue weighted by Gasteiger charge is 2.11. The molecular formula is C16H13NO4. The van der Waals surface area contributed by atoms with Gasteiger partial charge >= 0.3 is 5.97 Å². The Bertz CT molecular complexity index is 772. The molecule has 2 rings (SSSR count). The molecule has 0 radical (unpaired) electrons. The van der Waals surface area contributed by atoms with Crippen molar-refractivity contribution in [1.29, 1.82) is 5.26 Å². The van der Waals surface area contributed by atoms with Crippen LogP contribution in [0.1, 0.15) is 5.56 Å². The lowest BCUT2D eigenvalue weighted by molar-refractivity contribution is -0.132. The van der Waals surface area contributed by atoms with E-state index in [-0.39, 0.29) is 5.57 Å². The molecule has 0 aromatic heterocycles. The largest absolute Gasteiger partial charge is 0.496 e. The van der Waals surface area contributed by atoms with Crippen LogP contribution in [0.3, 0.4) is 0 Å². The van der Waals surface area contributed by atoms with Crippen LogP contribution in [0.5, 0.6) is 11.5 Å². The summed E-state index contributed by atoms with van der Waals surface area (Å²) in [5, 5.41) is 19.5. The van der Waals surface area contributed by atoms with Crippen molar-refractivity contribution >= 4 is 22.8 Å². The van der Waals surface area contributed by atoms with Gasteiger partial charge in [-0.2, -0.15) is 5.26 Å². The van der Waals surface area contributed by atoms with E-state index in [1.807, 2.05) is 18.2 Å². The number of nitrogens with zero attached hydrogens (tertiary/aromatic N) is 1. The average molecular weight is 283 g/mol. The second-order valence-corrected chi connectivity index (χ2v) is 4.25. The maximum absolute atomic E-state index is 11.0. The third-order valence-electron chi connectivity index (χ3n) is 3.06. The maximum Gasteiger partial charge on any atom is 0.346 e. The van der Waals surface area contributed by atoms with Crippen molar-refractivity contribution in [3.05, 3.63) is 41.5 Å². The summed E-state index contributed by atoms with van der Waals surface area (Å²) in [6, 6.07) is 10.7. The Labute approximate surface area is 121 Å². The molecule has 0 atom stereocenters. The topological polar surface area (TPSA) is 79.5 Å². The van der Waals surface area contributed by atoms with Crippen LogP contribution in [0.4, 0.5) is 0 Å². The summed E-state index contributed by atoms with van der Waals surface area (Å²) in [4.78, 5) is 11.0. The zero-order chi connectivity index (χ0) is 15.4. The molecule has 0 fully saturated rings. The Morgan fingerprint density at radius 1 is 1.24 bits per heavy atom. The minimum absolute atomic E-state index is 0.359. The van der Waals surface area contributed by atoms with Gasteiger partial charge in [-0.05, 0) is 29.7 Å². The van der Waals surface area contributed by atoms with E-state index in [9.17, 15) is 4.79 Å². The van der Waals surface area contributed by atoms with Gasteiger partial charge in [0.1, 0.15) is 23.1 Å². The monoisotopic (exact) mass is 283 g/mol. The lowest BCUT2D eigenvalue weighted by Gasteiger charge is -2.10. The summed E-state index contributed by atoms with van der Waals surface area (Å²) in [5.74, 6) is -0.122. The second-order valence-electron chi connectivity index (χ2n) is 4.25. The number of benzene rings is 2. The molecule has 5 nitrogen and oxygen atoms in total. The highest BCUT2D eigenvalue weighted by Crippen LogP contribution is 2.32. The van der Waals surface area contributed by atoms with Gasteiger partial charge in [-0.15, -0.1) is 0 Å². The number of nitriles is 1. The fourth-order valence-electron chi connectivity index (χ4n) is 2.06. The molecule has 0 aliphatic carbocycles. The van der Waals surface area contributed by atoms with E-state index in [1.54, 1.807) is 25.3 Å². The van der Waals surface area contributed by atoms with Crippen molar-refractivity contribution in [2.45, 2.75) is 0 Å². The van der Waals surface area contributed by atoms with Crippen LogP contribution in [-0.4, -0.2) is 25.3 Å². The Balaban J connectivity index is 2.73. The van der Waals surface area contributed by atoms with Crippen molar-refractivity contribution in [3.63, 3.8) is 0 Å². The smallest absolute Gasteiger partial charge is 0.346 e. The molecule has 21 heavy (non-hydrogen) atoms. The Morgan fingerprint density at radius 3 is 2.52 bits per heavy atom. The number of hydrogen-bond acceptors (Lipinski definition) is 4. The first-order valence-electron chi connectivity index (χ1n) is 6.10. The average Bonchev–Trinajstić information content (AvgIpc) is 2.50. The summed E-state index contributed by atoms with van der Waals surface area (Å²) in [6.07, 6.45) is 1.28. The fourth-order valence-corrected chi connectivity index (χ4v) is 2.06. The molecule has 2 aromatic rings. The molecule has 0 saturated heterocycles. The Hall–Kier alpha value is -3.00. The lowest BCUT2D eigenvalue weighted by Crippen LogP contribution is -1.98. The Kier molecular flexibility index (Phi) is 4.10. The van der Waals surface area contributed by atoms with Gasteiger partial charge in [0.15, 0.2) is 0 Å². The molecular weight excluding hydrogens is 270 g/mol. The predicted molar refractivity (Wildman–Crippen MR) is 78.3 cm³/mol. The number of methoxy groups -OCH3 is 2. The first-order valence-corrected chi connectivity index (χ1v) is 6.10. The first kappa shape index (κ1) is 14.4. The van der Waals surface area contributed by atoms with Crippen LogP contribution in [-0.2, 0) is 4.79 Å². The third kappa shape index (κ3) is 2.79. The fraction of sp³-hybridized carbons (Fsp3) is 0.125. The normalized spacial score (nSPS) is 11.0. The number of rotatable bonds is 4. The molecule has 0 spiro atoms. The molecule has 2 aromatic carbocycles. The van der Waals surface area contributed by atoms with Gasteiger partial charge < -0.3 is 14.6 Å². The van der Waals surface area contributed by atoms with Crippen molar-refractivity contribution in [2.75, 3.05) is 14.2 Å². The zero-order valence-electron chi connectivity index (χ0n) is 11.6. The van der Waals surface area contributed by atoms with Gasteiger partial charge in [-0.1, -0.05) is 12.1 Å².